The first kappa shape index (κ1) is 14.4. The highest BCUT2D eigenvalue weighted by atomic mass is 32.2. The molecule has 0 saturated carbocycles. The van der Waals surface area contributed by atoms with E-state index in [4.69, 9.17) is 9.47 Å². The molecule has 1 aromatic carbocycles. The Morgan fingerprint density at radius 2 is 2.00 bits per heavy atom. The molecule has 1 atom stereocenters. The Labute approximate surface area is 108 Å². The van der Waals surface area contributed by atoms with Gasteiger partial charge in [-0.15, -0.1) is 11.8 Å². The van der Waals surface area contributed by atoms with E-state index < -0.39 is 0 Å². The summed E-state index contributed by atoms with van der Waals surface area (Å²) in [5, 5.41) is 3.27. The molecule has 1 rings (SSSR count). The van der Waals surface area contributed by atoms with Gasteiger partial charge >= 0.3 is 0 Å². The molecule has 4 heteroatoms. The zero-order chi connectivity index (χ0) is 12.5. The molecule has 1 unspecified atom stereocenters. The molecule has 0 radical (unpaired) electrons. The second kappa shape index (κ2) is 8.39. The van der Waals surface area contributed by atoms with Gasteiger partial charge in [0.1, 0.15) is 11.9 Å². The zero-order valence-electron chi connectivity index (χ0n) is 10.7. The molecule has 0 aromatic heterocycles. The number of rotatable bonds is 8. The molecule has 0 amide bonds. The topological polar surface area (TPSA) is 30.5 Å². The second-order valence-corrected chi connectivity index (χ2v) is 4.56. The van der Waals surface area contributed by atoms with Crippen molar-refractivity contribution in [3.8, 4) is 5.75 Å². The van der Waals surface area contributed by atoms with Gasteiger partial charge in [0, 0.05) is 18.6 Å². The molecular weight excluding hydrogens is 234 g/mol. The lowest BCUT2D eigenvalue weighted by Crippen LogP contribution is -2.34. The molecule has 0 heterocycles. The van der Waals surface area contributed by atoms with Gasteiger partial charge in [0.25, 0.3) is 0 Å². The first-order valence-electron chi connectivity index (χ1n) is 5.80. The van der Waals surface area contributed by atoms with E-state index in [1.807, 2.05) is 12.1 Å². The van der Waals surface area contributed by atoms with Crippen molar-refractivity contribution >= 4 is 11.8 Å². The summed E-state index contributed by atoms with van der Waals surface area (Å²) in [6.07, 6.45) is 2.12. The van der Waals surface area contributed by atoms with Crippen molar-refractivity contribution < 1.29 is 9.47 Å². The molecule has 3 nitrogen and oxygen atoms in total. The fourth-order valence-corrected chi connectivity index (χ4v) is 1.88. The molecule has 17 heavy (non-hydrogen) atoms. The molecule has 1 N–H and O–H groups in total. The van der Waals surface area contributed by atoms with Gasteiger partial charge in [-0.3, -0.25) is 0 Å². The minimum Gasteiger partial charge on any atom is -0.487 e. The van der Waals surface area contributed by atoms with Crippen molar-refractivity contribution in [2.75, 3.05) is 33.1 Å². The predicted molar refractivity (Wildman–Crippen MR) is 73.1 cm³/mol. The van der Waals surface area contributed by atoms with Gasteiger partial charge in [-0.1, -0.05) is 6.92 Å². The van der Waals surface area contributed by atoms with E-state index >= 15 is 0 Å². The molecule has 0 bridgehead atoms. The predicted octanol–water partition coefficient (Wildman–Crippen LogP) is 2.41. The van der Waals surface area contributed by atoms with Crippen LogP contribution in [0, 0.1) is 0 Å². The highest BCUT2D eigenvalue weighted by molar-refractivity contribution is 7.98. The summed E-state index contributed by atoms with van der Waals surface area (Å²) in [7, 11) is 1.69. The maximum Gasteiger partial charge on any atom is 0.134 e. The molecule has 1 aromatic rings. The summed E-state index contributed by atoms with van der Waals surface area (Å²) in [5.41, 5.74) is 0. The number of hydrogen-bond donors (Lipinski definition) is 1. The van der Waals surface area contributed by atoms with Gasteiger partial charge in [0.2, 0.25) is 0 Å². The Morgan fingerprint density at radius 1 is 1.29 bits per heavy atom. The summed E-state index contributed by atoms with van der Waals surface area (Å²) in [5.74, 6) is 0.891. The minimum absolute atomic E-state index is 0.0556. The maximum atomic E-state index is 5.86. The third-order valence-corrected chi connectivity index (χ3v) is 3.08. The third kappa shape index (κ3) is 5.44. The van der Waals surface area contributed by atoms with Crippen LogP contribution in [0.1, 0.15) is 6.92 Å². The van der Waals surface area contributed by atoms with Crippen molar-refractivity contribution in [1.82, 2.24) is 5.32 Å². The van der Waals surface area contributed by atoms with Gasteiger partial charge in [0.15, 0.2) is 0 Å². The third-order valence-electron chi connectivity index (χ3n) is 2.34. The summed E-state index contributed by atoms with van der Waals surface area (Å²) in [6, 6.07) is 8.13. The standard InChI is InChI=1S/C13H21NO2S/c1-4-14-9-12(10-15-2)16-11-5-7-13(17-3)8-6-11/h5-8,12,14H,4,9-10H2,1-3H3. The molecule has 0 saturated heterocycles. The van der Waals surface area contributed by atoms with E-state index in [0.29, 0.717) is 6.61 Å². The van der Waals surface area contributed by atoms with Crippen LogP contribution in [0.15, 0.2) is 29.2 Å². The van der Waals surface area contributed by atoms with E-state index in [9.17, 15) is 0 Å². The van der Waals surface area contributed by atoms with Crippen LogP contribution in [0.5, 0.6) is 5.75 Å². The van der Waals surface area contributed by atoms with Crippen LogP contribution in [-0.4, -0.2) is 39.2 Å². The lowest BCUT2D eigenvalue weighted by molar-refractivity contribution is 0.0809. The number of thioether (sulfide) groups is 1. The highest BCUT2D eigenvalue weighted by Crippen LogP contribution is 2.19. The zero-order valence-corrected chi connectivity index (χ0v) is 11.5. The van der Waals surface area contributed by atoms with E-state index in [0.717, 1.165) is 18.8 Å². The average molecular weight is 255 g/mol. The Hall–Kier alpha value is -0.710. The van der Waals surface area contributed by atoms with Crippen LogP contribution in [0.3, 0.4) is 0 Å². The van der Waals surface area contributed by atoms with Crippen LogP contribution in [0.25, 0.3) is 0 Å². The van der Waals surface area contributed by atoms with E-state index in [2.05, 4.69) is 30.6 Å². The van der Waals surface area contributed by atoms with Crippen molar-refractivity contribution in [2.24, 2.45) is 0 Å². The van der Waals surface area contributed by atoms with Crippen molar-refractivity contribution in [2.45, 2.75) is 17.9 Å². The summed E-state index contributed by atoms with van der Waals surface area (Å²) in [4.78, 5) is 1.24. The molecule has 96 valence electrons. The molecule has 0 aliphatic rings. The van der Waals surface area contributed by atoms with Gasteiger partial charge in [-0.2, -0.15) is 0 Å². The van der Waals surface area contributed by atoms with Crippen molar-refractivity contribution in [3.05, 3.63) is 24.3 Å². The summed E-state index contributed by atoms with van der Waals surface area (Å²) >= 11 is 1.73. The lowest BCUT2D eigenvalue weighted by atomic mass is 10.3. The quantitative estimate of drug-likeness (QED) is 0.723. The smallest absolute Gasteiger partial charge is 0.134 e. The van der Waals surface area contributed by atoms with Gasteiger partial charge in [-0.05, 0) is 37.1 Å². The molecular formula is C13H21NO2S. The molecule has 0 fully saturated rings. The Morgan fingerprint density at radius 3 is 2.53 bits per heavy atom. The Balaban J connectivity index is 2.51. The van der Waals surface area contributed by atoms with Gasteiger partial charge in [-0.25, -0.2) is 0 Å². The lowest BCUT2D eigenvalue weighted by Gasteiger charge is -2.18. The molecule has 0 aliphatic heterocycles. The van der Waals surface area contributed by atoms with E-state index in [1.165, 1.54) is 4.90 Å². The van der Waals surface area contributed by atoms with Gasteiger partial charge < -0.3 is 14.8 Å². The number of nitrogens with one attached hydrogen (secondary N) is 1. The van der Waals surface area contributed by atoms with E-state index in [1.54, 1.807) is 18.9 Å². The summed E-state index contributed by atoms with van der Waals surface area (Å²) in [6.45, 7) is 4.41. The van der Waals surface area contributed by atoms with Crippen molar-refractivity contribution in [1.29, 1.82) is 0 Å². The van der Waals surface area contributed by atoms with Crippen LogP contribution in [0.4, 0.5) is 0 Å². The maximum absolute atomic E-state index is 5.86. The van der Waals surface area contributed by atoms with Crippen LogP contribution in [-0.2, 0) is 4.74 Å². The fourth-order valence-electron chi connectivity index (χ4n) is 1.47. The van der Waals surface area contributed by atoms with Gasteiger partial charge in [0.05, 0.1) is 6.61 Å². The first-order chi connectivity index (χ1) is 8.30. The number of hydrogen-bond acceptors (Lipinski definition) is 4. The first-order valence-corrected chi connectivity index (χ1v) is 7.03. The number of ether oxygens (including phenoxy) is 2. The highest BCUT2D eigenvalue weighted by Gasteiger charge is 2.09. The molecule has 0 aliphatic carbocycles. The van der Waals surface area contributed by atoms with Crippen molar-refractivity contribution in [3.63, 3.8) is 0 Å². The Bertz CT molecular complexity index is 303. The fraction of sp³-hybridized carbons (Fsp3) is 0.538. The number of benzene rings is 1. The van der Waals surface area contributed by atoms with Crippen LogP contribution in [0.2, 0.25) is 0 Å². The average Bonchev–Trinajstić information content (AvgIpc) is 2.37. The largest absolute Gasteiger partial charge is 0.487 e. The minimum atomic E-state index is 0.0556. The van der Waals surface area contributed by atoms with Crippen LogP contribution >= 0.6 is 11.8 Å². The number of likely N-dealkylation sites (N-methyl/N-ethyl adjacent to an activating group) is 1. The second-order valence-electron chi connectivity index (χ2n) is 3.68. The van der Waals surface area contributed by atoms with Crippen LogP contribution < -0.4 is 10.1 Å². The van der Waals surface area contributed by atoms with E-state index in [-0.39, 0.29) is 6.10 Å². The number of methoxy groups -OCH3 is 1. The SMILES string of the molecule is CCNCC(COC)Oc1ccc(SC)cc1. The summed E-state index contributed by atoms with van der Waals surface area (Å²) < 4.78 is 11.0. The molecule has 0 spiro atoms. The normalized spacial score (nSPS) is 12.4. The Kier molecular flexibility index (Phi) is 7.08. The monoisotopic (exact) mass is 255 g/mol.